The summed E-state index contributed by atoms with van der Waals surface area (Å²) in [6.45, 7) is 0.100. The number of ether oxygens (including phenoxy) is 1. The van der Waals surface area contributed by atoms with Crippen LogP contribution in [-0.4, -0.2) is 27.5 Å². The van der Waals surface area contributed by atoms with E-state index < -0.39 is 10.0 Å². The Morgan fingerprint density at radius 2 is 1.56 bits per heavy atom. The number of carbonyl (C=O) groups excluding carboxylic acids is 1. The third-order valence-electron chi connectivity index (χ3n) is 6.17. The van der Waals surface area contributed by atoms with Crippen molar-refractivity contribution in [2.24, 2.45) is 0 Å². The van der Waals surface area contributed by atoms with E-state index >= 15 is 0 Å². The van der Waals surface area contributed by atoms with Gasteiger partial charge in [-0.25, -0.2) is 8.42 Å². The lowest BCUT2D eigenvalue weighted by atomic mass is 9.95. The van der Waals surface area contributed by atoms with Gasteiger partial charge < -0.3 is 10.1 Å². The molecule has 3 aromatic rings. The topological polar surface area (TPSA) is 75.7 Å². The predicted octanol–water partition coefficient (Wildman–Crippen LogP) is 5.15. The van der Waals surface area contributed by atoms with Crippen molar-refractivity contribution in [2.75, 3.05) is 11.4 Å². The summed E-state index contributed by atoms with van der Waals surface area (Å²) in [6.07, 6.45) is 5.28. The van der Waals surface area contributed by atoms with Crippen molar-refractivity contribution in [1.82, 2.24) is 5.32 Å². The molecule has 1 fully saturated rings. The summed E-state index contributed by atoms with van der Waals surface area (Å²) in [5.41, 5.74) is 1.53. The molecule has 1 aliphatic carbocycles. The van der Waals surface area contributed by atoms with E-state index in [2.05, 4.69) is 5.32 Å². The van der Waals surface area contributed by atoms with Gasteiger partial charge in [0.05, 0.1) is 29.8 Å². The monoisotopic (exact) mass is 478 g/mol. The van der Waals surface area contributed by atoms with Gasteiger partial charge in [0.25, 0.3) is 15.9 Å². The van der Waals surface area contributed by atoms with Gasteiger partial charge in [-0.1, -0.05) is 61.7 Å². The standard InChI is InChI=1S/C27H30N2O4S/c1-33-23-16-18-24(19-17-23)34(31,32)29(20-21-10-4-2-5-11-21)26-15-9-8-14-25(26)27(30)28-22-12-6-3-7-13-22/h2,4-5,8-11,14-19,22H,3,6-7,12-13,20H2,1H3,(H,28,30). The van der Waals surface area contributed by atoms with Crippen LogP contribution in [0.1, 0.15) is 48.0 Å². The normalized spacial score (nSPS) is 14.4. The van der Waals surface area contributed by atoms with E-state index in [9.17, 15) is 13.2 Å². The minimum absolute atomic E-state index is 0.100. The maximum absolute atomic E-state index is 13.9. The van der Waals surface area contributed by atoms with Gasteiger partial charge in [-0.05, 0) is 54.8 Å². The van der Waals surface area contributed by atoms with E-state index in [1.54, 1.807) is 36.4 Å². The molecule has 0 spiro atoms. The maximum Gasteiger partial charge on any atom is 0.264 e. The molecule has 0 unspecified atom stereocenters. The molecule has 0 saturated heterocycles. The Morgan fingerprint density at radius 1 is 0.912 bits per heavy atom. The van der Waals surface area contributed by atoms with Gasteiger partial charge in [-0.15, -0.1) is 0 Å². The van der Waals surface area contributed by atoms with Crippen molar-refractivity contribution in [2.45, 2.75) is 49.6 Å². The van der Waals surface area contributed by atoms with E-state index in [0.29, 0.717) is 17.0 Å². The molecule has 0 heterocycles. The molecule has 1 amide bonds. The highest BCUT2D eigenvalue weighted by Crippen LogP contribution is 2.30. The number of anilines is 1. The smallest absolute Gasteiger partial charge is 0.264 e. The number of sulfonamides is 1. The van der Waals surface area contributed by atoms with Crippen LogP contribution in [0.4, 0.5) is 5.69 Å². The van der Waals surface area contributed by atoms with E-state index in [4.69, 9.17) is 4.74 Å². The maximum atomic E-state index is 13.9. The lowest BCUT2D eigenvalue weighted by molar-refractivity contribution is 0.0928. The molecule has 6 nitrogen and oxygen atoms in total. The van der Waals surface area contributed by atoms with Gasteiger partial charge in [-0.3, -0.25) is 9.10 Å². The van der Waals surface area contributed by atoms with Crippen LogP contribution in [0.5, 0.6) is 5.75 Å². The summed E-state index contributed by atoms with van der Waals surface area (Å²) in [6, 6.07) is 22.7. The first-order valence-electron chi connectivity index (χ1n) is 11.6. The largest absolute Gasteiger partial charge is 0.497 e. The number of methoxy groups -OCH3 is 1. The minimum Gasteiger partial charge on any atom is -0.497 e. The third kappa shape index (κ3) is 5.42. The lowest BCUT2D eigenvalue weighted by Crippen LogP contribution is -2.38. The zero-order valence-electron chi connectivity index (χ0n) is 19.3. The second kappa shape index (κ2) is 10.7. The van der Waals surface area contributed by atoms with Crippen LogP contribution in [-0.2, 0) is 16.6 Å². The number of nitrogens with zero attached hydrogens (tertiary/aromatic N) is 1. The summed E-state index contributed by atoms with van der Waals surface area (Å²) >= 11 is 0. The van der Waals surface area contributed by atoms with Crippen LogP contribution in [0.2, 0.25) is 0 Å². The number of nitrogens with one attached hydrogen (secondary N) is 1. The highest BCUT2D eigenvalue weighted by atomic mass is 32.2. The quantitative estimate of drug-likeness (QED) is 0.486. The molecule has 3 aromatic carbocycles. The second-order valence-corrected chi connectivity index (χ2v) is 10.4. The molecule has 7 heteroatoms. The molecule has 34 heavy (non-hydrogen) atoms. The fourth-order valence-corrected chi connectivity index (χ4v) is 5.79. The van der Waals surface area contributed by atoms with Gasteiger partial charge in [-0.2, -0.15) is 0 Å². The summed E-state index contributed by atoms with van der Waals surface area (Å²) in [5.74, 6) is 0.325. The fourth-order valence-electron chi connectivity index (χ4n) is 4.32. The Morgan fingerprint density at radius 3 is 2.24 bits per heavy atom. The highest BCUT2D eigenvalue weighted by Gasteiger charge is 2.29. The molecule has 0 bridgehead atoms. The highest BCUT2D eigenvalue weighted by molar-refractivity contribution is 7.92. The number of hydrogen-bond acceptors (Lipinski definition) is 4. The van der Waals surface area contributed by atoms with Gasteiger partial charge in [0, 0.05) is 6.04 Å². The Labute approximate surface area is 201 Å². The van der Waals surface area contributed by atoms with Crippen LogP contribution in [0.3, 0.4) is 0 Å². The van der Waals surface area contributed by atoms with Gasteiger partial charge in [0.2, 0.25) is 0 Å². The molecule has 178 valence electrons. The third-order valence-corrected chi connectivity index (χ3v) is 7.95. The number of benzene rings is 3. The van der Waals surface area contributed by atoms with Crippen molar-refractivity contribution in [3.8, 4) is 5.75 Å². The first-order chi connectivity index (χ1) is 16.5. The van der Waals surface area contributed by atoms with E-state index in [1.165, 1.54) is 30.0 Å². The van der Waals surface area contributed by atoms with Gasteiger partial charge in [0.1, 0.15) is 5.75 Å². The number of para-hydroxylation sites is 1. The van der Waals surface area contributed by atoms with Gasteiger partial charge >= 0.3 is 0 Å². The predicted molar refractivity (Wildman–Crippen MR) is 134 cm³/mol. The fraction of sp³-hybridized carbons (Fsp3) is 0.296. The lowest BCUT2D eigenvalue weighted by Gasteiger charge is -2.28. The van der Waals surface area contributed by atoms with Crippen molar-refractivity contribution in [1.29, 1.82) is 0 Å². The molecular weight excluding hydrogens is 448 g/mol. The molecule has 0 radical (unpaired) electrons. The molecule has 0 aliphatic heterocycles. The van der Waals surface area contributed by atoms with Crippen LogP contribution in [0.15, 0.2) is 83.8 Å². The van der Waals surface area contributed by atoms with Gasteiger partial charge in [0.15, 0.2) is 0 Å². The average molecular weight is 479 g/mol. The second-order valence-electron chi connectivity index (χ2n) is 8.50. The first kappa shape index (κ1) is 23.8. The number of hydrogen-bond donors (Lipinski definition) is 1. The molecule has 1 saturated carbocycles. The van der Waals surface area contributed by atoms with Crippen LogP contribution < -0.4 is 14.4 Å². The minimum atomic E-state index is -3.97. The Kier molecular flexibility index (Phi) is 7.53. The number of amides is 1. The summed E-state index contributed by atoms with van der Waals surface area (Å²) in [5, 5.41) is 3.12. The molecule has 4 rings (SSSR count). The van der Waals surface area contributed by atoms with Crippen molar-refractivity contribution in [3.63, 3.8) is 0 Å². The Balaban J connectivity index is 1.74. The Bertz CT molecular complexity index is 1200. The Hall–Kier alpha value is -3.32. The average Bonchev–Trinajstić information content (AvgIpc) is 2.88. The van der Waals surface area contributed by atoms with Crippen LogP contribution in [0, 0.1) is 0 Å². The first-order valence-corrected chi connectivity index (χ1v) is 13.0. The summed E-state index contributed by atoms with van der Waals surface area (Å²) < 4.78 is 34.2. The van der Waals surface area contributed by atoms with Crippen molar-refractivity contribution < 1.29 is 17.9 Å². The van der Waals surface area contributed by atoms with Crippen LogP contribution in [0.25, 0.3) is 0 Å². The van der Waals surface area contributed by atoms with Crippen molar-refractivity contribution >= 4 is 21.6 Å². The molecule has 1 aliphatic rings. The van der Waals surface area contributed by atoms with E-state index in [0.717, 1.165) is 31.2 Å². The van der Waals surface area contributed by atoms with Crippen LogP contribution >= 0.6 is 0 Å². The zero-order chi connectivity index (χ0) is 24.0. The zero-order valence-corrected chi connectivity index (χ0v) is 20.1. The number of carbonyl (C=O) groups is 1. The summed E-state index contributed by atoms with van der Waals surface area (Å²) in [4.78, 5) is 13.4. The van der Waals surface area contributed by atoms with E-state index in [-0.39, 0.29) is 23.4 Å². The molecular formula is C27H30N2O4S. The molecule has 0 atom stereocenters. The number of rotatable bonds is 8. The molecule has 0 aromatic heterocycles. The van der Waals surface area contributed by atoms with E-state index in [1.807, 2.05) is 30.3 Å². The molecule has 1 N–H and O–H groups in total. The SMILES string of the molecule is COc1ccc(S(=O)(=O)N(Cc2ccccc2)c2ccccc2C(=O)NC2CCCCC2)cc1. The summed E-state index contributed by atoms with van der Waals surface area (Å²) in [7, 11) is -2.43. The van der Waals surface area contributed by atoms with Crippen molar-refractivity contribution in [3.05, 3.63) is 90.0 Å².